The molecular weight excluding hydrogens is 472 g/mol. The van der Waals surface area contributed by atoms with E-state index in [1.165, 1.54) is 7.11 Å². The van der Waals surface area contributed by atoms with Crippen LogP contribution in [0.25, 0.3) is 0 Å². The van der Waals surface area contributed by atoms with Crippen molar-refractivity contribution >= 4 is 17.8 Å². The molecule has 0 saturated carbocycles. The van der Waals surface area contributed by atoms with E-state index in [9.17, 15) is 19.5 Å². The molecule has 0 radical (unpaired) electrons. The predicted octanol–water partition coefficient (Wildman–Crippen LogP) is 3.17. The summed E-state index contributed by atoms with van der Waals surface area (Å²) >= 11 is 0. The van der Waals surface area contributed by atoms with Gasteiger partial charge in [0.2, 0.25) is 11.8 Å². The molecule has 0 bridgehead atoms. The first-order chi connectivity index (χ1) is 18.0. The lowest BCUT2D eigenvalue weighted by Gasteiger charge is -2.30. The fourth-order valence-electron chi connectivity index (χ4n) is 4.33. The van der Waals surface area contributed by atoms with Crippen LogP contribution in [0.1, 0.15) is 42.9 Å². The third-order valence-electron chi connectivity index (χ3n) is 6.26. The zero-order valence-electron chi connectivity index (χ0n) is 21.3. The van der Waals surface area contributed by atoms with Crippen LogP contribution in [0.3, 0.4) is 0 Å². The second kappa shape index (κ2) is 14.9. The molecule has 0 fully saturated rings. The molecule has 1 aliphatic heterocycles. The summed E-state index contributed by atoms with van der Waals surface area (Å²) in [5.74, 6) is -1.53. The number of aliphatic hydroxyl groups is 1. The number of benzene rings is 2. The predicted molar refractivity (Wildman–Crippen MR) is 139 cm³/mol. The molecule has 3 unspecified atom stereocenters. The minimum atomic E-state index is -0.735. The van der Waals surface area contributed by atoms with Crippen molar-refractivity contribution in [1.82, 2.24) is 10.2 Å². The molecule has 0 saturated heterocycles. The Kier molecular flexibility index (Phi) is 11.3. The van der Waals surface area contributed by atoms with E-state index in [1.54, 1.807) is 4.90 Å². The Hall–Kier alpha value is -3.49. The van der Waals surface area contributed by atoms with E-state index in [4.69, 9.17) is 9.47 Å². The van der Waals surface area contributed by atoms with Crippen LogP contribution >= 0.6 is 0 Å². The largest absolute Gasteiger partial charge is 0.455 e. The summed E-state index contributed by atoms with van der Waals surface area (Å²) in [6, 6.07) is 18.1. The number of cyclic esters (lactones) is 1. The van der Waals surface area contributed by atoms with Gasteiger partial charge in [-0.15, -0.1) is 0 Å². The van der Waals surface area contributed by atoms with Gasteiger partial charge < -0.3 is 24.8 Å². The number of rotatable bonds is 9. The third kappa shape index (κ3) is 8.84. The van der Waals surface area contributed by atoms with Gasteiger partial charge in [-0.3, -0.25) is 14.4 Å². The lowest BCUT2D eigenvalue weighted by molar-refractivity contribution is -0.153. The number of hydrogen-bond acceptors (Lipinski definition) is 6. The first-order valence-electron chi connectivity index (χ1n) is 12.6. The van der Waals surface area contributed by atoms with E-state index >= 15 is 0 Å². The monoisotopic (exact) mass is 508 g/mol. The van der Waals surface area contributed by atoms with Crippen LogP contribution in [0, 0.1) is 5.92 Å². The van der Waals surface area contributed by atoms with Crippen molar-refractivity contribution in [3.05, 3.63) is 83.9 Å². The van der Waals surface area contributed by atoms with Gasteiger partial charge in [-0.2, -0.15) is 0 Å². The number of methoxy groups -OCH3 is 1. The highest BCUT2D eigenvalue weighted by Crippen LogP contribution is 2.25. The molecule has 2 aromatic rings. The molecule has 1 heterocycles. The van der Waals surface area contributed by atoms with E-state index in [2.05, 4.69) is 5.32 Å². The van der Waals surface area contributed by atoms with E-state index in [0.29, 0.717) is 19.4 Å². The molecule has 3 atom stereocenters. The number of allylic oxidation sites excluding steroid dienone is 2. The molecule has 2 aromatic carbocycles. The SMILES string of the molecule is COCC1NC(=O)C(CC(=O)N(CCO)Cc2ccccc2)CC=CCCC(=O)OC1c1ccccc1. The van der Waals surface area contributed by atoms with Crippen molar-refractivity contribution in [2.75, 3.05) is 26.9 Å². The van der Waals surface area contributed by atoms with Gasteiger partial charge in [0.15, 0.2) is 0 Å². The minimum Gasteiger partial charge on any atom is -0.455 e. The Labute approximate surface area is 218 Å². The Morgan fingerprint density at radius 2 is 1.78 bits per heavy atom. The first-order valence-corrected chi connectivity index (χ1v) is 12.6. The standard InChI is InChI=1S/C29H36N2O6/c1-36-21-25-28(23-13-7-3-8-14-23)37-27(34)16-10-4-9-15-24(29(35)30-25)19-26(33)31(17-18-32)20-22-11-5-2-6-12-22/h2-9,11-14,24-25,28,32H,10,15-21H2,1H3,(H,30,35). The maximum absolute atomic E-state index is 13.5. The maximum atomic E-state index is 13.5. The Morgan fingerprint density at radius 3 is 2.46 bits per heavy atom. The lowest BCUT2D eigenvalue weighted by Crippen LogP contribution is -2.47. The van der Waals surface area contributed by atoms with Crippen molar-refractivity contribution in [2.45, 2.75) is 44.4 Å². The quantitative estimate of drug-likeness (QED) is 0.398. The zero-order valence-corrected chi connectivity index (χ0v) is 21.3. The second-order valence-electron chi connectivity index (χ2n) is 9.06. The van der Waals surface area contributed by atoms with Crippen LogP contribution in [0.5, 0.6) is 0 Å². The fraction of sp³-hybridized carbons (Fsp3) is 0.414. The number of amides is 2. The summed E-state index contributed by atoms with van der Waals surface area (Å²) in [6.45, 7) is 0.480. The van der Waals surface area contributed by atoms with Gasteiger partial charge in [0.1, 0.15) is 6.10 Å². The van der Waals surface area contributed by atoms with Crippen LogP contribution in [0.4, 0.5) is 0 Å². The lowest BCUT2D eigenvalue weighted by atomic mass is 9.96. The normalized spacial score (nSPS) is 20.8. The van der Waals surface area contributed by atoms with Crippen LogP contribution in [-0.2, 0) is 30.4 Å². The molecule has 8 heteroatoms. The van der Waals surface area contributed by atoms with Crippen molar-refractivity contribution in [3.63, 3.8) is 0 Å². The summed E-state index contributed by atoms with van der Waals surface area (Å²) in [5.41, 5.74) is 1.69. The van der Waals surface area contributed by atoms with Crippen molar-refractivity contribution < 1.29 is 29.0 Å². The topological polar surface area (TPSA) is 105 Å². The number of nitrogens with one attached hydrogen (secondary N) is 1. The van der Waals surface area contributed by atoms with Gasteiger partial charge in [-0.25, -0.2) is 0 Å². The molecule has 8 nitrogen and oxygen atoms in total. The highest BCUT2D eigenvalue weighted by atomic mass is 16.5. The fourth-order valence-corrected chi connectivity index (χ4v) is 4.33. The number of carbonyl (C=O) groups is 3. The highest BCUT2D eigenvalue weighted by Gasteiger charge is 2.32. The molecule has 0 aliphatic carbocycles. The Balaban J connectivity index is 1.82. The number of carbonyl (C=O) groups excluding carboxylic acids is 3. The Morgan fingerprint density at radius 1 is 1.08 bits per heavy atom. The Bertz CT molecular complexity index is 1030. The van der Waals surface area contributed by atoms with E-state index < -0.39 is 18.1 Å². The molecule has 2 N–H and O–H groups in total. The second-order valence-corrected chi connectivity index (χ2v) is 9.06. The van der Waals surface area contributed by atoms with Gasteiger partial charge in [0.05, 0.1) is 25.2 Å². The number of ether oxygens (including phenoxy) is 2. The smallest absolute Gasteiger partial charge is 0.306 e. The van der Waals surface area contributed by atoms with Crippen molar-refractivity contribution in [2.24, 2.45) is 5.92 Å². The number of aliphatic hydroxyl groups excluding tert-OH is 1. The molecule has 37 heavy (non-hydrogen) atoms. The van der Waals surface area contributed by atoms with E-state index in [0.717, 1.165) is 11.1 Å². The van der Waals surface area contributed by atoms with E-state index in [-0.39, 0.29) is 50.4 Å². The minimum absolute atomic E-state index is 0.0154. The molecule has 198 valence electrons. The van der Waals surface area contributed by atoms with Crippen LogP contribution < -0.4 is 5.32 Å². The van der Waals surface area contributed by atoms with Gasteiger partial charge in [-0.1, -0.05) is 72.8 Å². The molecular formula is C29H36N2O6. The zero-order chi connectivity index (χ0) is 26.5. The molecule has 3 rings (SSSR count). The van der Waals surface area contributed by atoms with Crippen LogP contribution in [0.15, 0.2) is 72.8 Å². The van der Waals surface area contributed by atoms with Crippen LogP contribution in [0.2, 0.25) is 0 Å². The van der Waals surface area contributed by atoms with Gasteiger partial charge >= 0.3 is 5.97 Å². The molecule has 1 aliphatic rings. The molecule has 0 aromatic heterocycles. The highest BCUT2D eigenvalue weighted by molar-refractivity contribution is 5.86. The van der Waals surface area contributed by atoms with Crippen molar-refractivity contribution in [3.8, 4) is 0 Å². The summed E-state index contributed by atoms with van der Waals surface area (Å²) < 4.78 is 11.2. The van der Waals surface area contributed by atoms with Gasteiger partial charge in [-0.05, 0) is 24.0 Å². The van der Waals surface area contributed by atoms with Gasteiger partial charge in [0, 0.05) is 33.0 Å². The molecule has 0 spiro atoms. The maximum Gasteiger partial charge on any atom is 0.306 e. The number of nitrogens with zero attached hydrogens (tertiary/aromatic N) is 1. The van der Waals surface area contributed by atoms with E-state index in [1.807, 2.05) is 72.8 Å². The number of esters is 1. The summed E-state index contributed by atoms with van der Waals surface area (Å²) in [7, 11) is 1.52. The number of hydrogen-bond donors (Lipinski definition) is 2. The first kappa shape index (κ1) is 28.1. The summed E-state index contributed by atoms with van der Waals surface area (Å²) in [4.78, 5) is 40.9. The average molecular weight is 509 g/mol. The van der Waals surface area contributed by atoms with Crippen molar-refractivity contribution in [1.29, 1.82) is 0 Å². The molecule has 2 amide bonds. The average Bonchev–Trinajstić information content (AvgIpc) is 2.90. The summed E-state index contributed by atoms with van der Waals surface area (Å²) in [6.07, 6.45) is 3.95. The summed E-state index contributed by atoms with van der Waals surface area (Å²) in [5, 5.41) is 12.5. The third-order valence-corrected chi connectivity index (χ3v) is 6.26. The van der Waals surface area contributed by atoms with Crippen LogP contribution in [-0.4, -0.2) is 60.7 Å². The van der Waals surface area contributed by atoms with Gasteiger partial charge in [0.25, 0.3) is 0 Å².